The Morgan fingerprint density at radius 2 is 1.94 bits per heavy atom. The summed E-state index contributed by atoms with van der Waals surface area (Å²) in [5, 5.41) is 16.1. The van der Waals surface area contributed by atoms with Crippen molar-refractivity contribution in [3.63, 3.8) is 0 Å². The maximum Gasteiger partial charge on any atom is 0.253 e. The van der Waals surface area contributed by atoms with Gasteiger partial charge in [0.15, 0.2) is 11.5 Å². The molecule has 1 saturated heterocycles. The van der Waals surface area contributed by atoms with Crippen LogP contribution in [0.15, 0.2) is 24.5 Å². The van der Waals surface area contributed by atoms with Gasteiger partial charge in [-0.1, -0.05) is 19.3 Å². The highest BCUT2D eigenvalue weighted by atomic mass is 16.3. The first-order chi connectivity index (χ1) is 17.1. The summed E-state index contributed by atoms with van der Waals surface area (Å²) in [6, 6.07) is 6.14. The molecule has 5 rings (SSSR count). The van der Waals surface area contributed by atoms with E-state index in [0.29, 0.717) is 29.1 Å². The molecule has 2 aromatic heterocycles. The van der Waals surface area contributed by atoms with E-state index in [0.717, 1.165) is 67.8 Å². The van der Waals surface area contributed by atoms with Gasteiger partial charge in [0.2, 0.25) is 5.95 Å². The van der Waals surface area contributed by atoms with Gasteiger partial charge in [-0.3, -0.25) is 4.79 Å². The first kappa shape index (κ1) is 23.5. The number of nitrogens with one attached hydrogen (secondary N) is 3. The van der Waals surface area contributed by atoms with Crippen LogP contribution in [0.1, 0.15) is 67.3 Å². The fourth-order valence-electron chi connectivity index (χ4n) is 5.28. The van der Waals surface area contributed by atoms with E-state index in [1.54, 1.807) is 6.33 Å². The highest BCUT2D eigenvalue weighted by Crippen LogP contribution is 2.28. The van der Waals surface area contributed by atoms with Crippen molar-refractivity contribution in [3.05, 3.63) is 35.7 Å². The molecule has 9 nitrogen and oxygen atoms in total. The molecule has 4 N–H and O–H groups in total. The number of H-pyrrole nitrogens is 1. The maximum absolute atomic E-state index is 13.0. The third kappa shape index (κ3) is 5.40. The van der Waals surface area contributed by atoms with E-state index in [1.165, 1.54) is 19.3 Å². The Hall–Kier alpha value is -3.20. The quantitative estimate of drug-likeness (QED) is 0.399. The van der Waals surface area contributed by atoms with Crippen LogP contribution >= 0.6 is 0 Å². The van der Waals surface area contributed by atoms with Crippen molar-refractivity contribution in [1.29, 1.82) is 0 Å². The van der Waals surface area contributed by atoms with E-state index in [9.17, 15) is 4.79 Å². The fourth-order valence-corrected chi connectivity index (χ4v) is 5.28. The zero-order valence-corrected chi connectivity index (χ0v) is 20.4. The van der Waals surface area contributed by atoms with Crippen LogP contribution in [0.25, 0.3) is 11.2 Å². The number of aromatic nitrogens is 4. The minimum atomic E-state index is 0.0659. The predicted molar refractivity (Wildman–Crippen MR) is 137 cm³/mol. The summed E-state index contributed by atoms with van der Waals surface area (Å²) in [4.78, 5) is 31.8. The summed E-state index contributed by atoms with van der Waals surface area (Å²) in [7, 11) is 0. The Morgan fingerprint density at radius 3 is 2.69 bits per heavy atom. The molecule has 0 unspecified atom stereocenters. The molecule has 2 aliphatic rings. The van der Waals surface area contributed by atoms with E-state index in [1.807, 2.05) is 30.0 Å². The first-order valence-electron chi connectivity index (χ1n) is 12.9. The van der Waals surface area contributed by atoms with Gasteiger partial charge in [0, 0.05) is 37.0 Å². The number of benzene rings is 1. The SMILES string of the molecule is Cc1cc(C(=O)N2CCC(CCO)CC2)ccc1Nc1nc(NC2CCCCC2)c2nc[nH]c2n1. The molecule has 1 aliphatic carbocycles. The highest BCUT2D eigenvalue weighted by Gasteiger charge is 2.24. The number of carbonyl (C=O) groups excluding carboxylic acids is 1. The van der Waals surface area contributed by atoms with Crippen LogP contribution in [0.2, 0.25) is 0 Å². The second-order valence-corrected chi connectivity index (χ2v) is 9.88. The van der Waals surface area contributed by atoms with Crippen molar-refractivity contribution in [2.75, 3.05) is 30.3 Å². The topological polar surface area (TPSA) is 119 Å². The summed E-state index contributed by atoms with van der Waals surface area (Å²) in [5.41, 5.74) is 3.96. The third-order valence-corrected chi connectivity index (χ3v) is 7.38. The Bertz CT molecular complexity index is 1160. The first-order valence-corrected chi connectivity index (χ1v) is 12.9. The molecule has 0 atom stereocenters. The molecule has 2 fully saturated rings. The smallest absolute Gasteiger partial charge is 0.253 e. The molecule has 0 radical (unpaired) electrons. The molecule has 1 amide bonds. The number of amides is 1. The number of aryl methyl sites for hydroxylation is 1. The second kappa shape index (κ2) is 10.6. The van der Waals surface area contributed by atoms with E-state index < -0.39 is 0 Å². The monoisotopic (exact) mass is 477 g/mol. The predicted octanol–water partition coefficient (Wildman–Crippen LogP) is 4.38. The van der Waals surface area contributed by atoms with E-state index in [4.69, 9.17) is 10.1 Å². The molecule has 0 spiro atoms. The molecule has 1 saturated carbocycles. The lowest BCUT2D eigenvalue weighted by molar-refractivity contribution is 0.0678. The van der Waals surface area contributed by atoms with Crippen LogP contribution < -0.4 is 10.6 Å². The van der Waals surface area contributed by atoms with Gasteiger partial charge in [0.05, 0.1) is 6.33 Å². The highest BCUT2D eigenvalue weighted by molar-refractivity contribution is 5.95. The number of anilines is 3. The number of piperidine rings is 1. The van der Waals surface area contributed by atoms with Crippen LogP contribution in [-0.2, 0) is 0 Å². The van der Waals surface area contributed by atoms with Crippen LogP contribution in [0.5, 0.6) is 0 Å². The van der Waals surface area contributed by atoms with Gasteiger partial charge in [-0.15, -0.1) is 0 Å². The van der Waals surface area contributed by atoms with Gasteiger partial charge in [-0.25, -0.2) is 4.98 Å². The van der Waals surface area contributed by atoms with Crippen LogP contribution in [0.4, 0.5) is 17.5 Å². The average molecular weight is 478 g/mol. The summed E-state index contributed by atoms with van der Waals surface area (Å²) < 4.78 is 0. The standard InChI is InChI=1S/C26H35N7O2/c1-17-15-19(25(35)33-12-9-18(10-13-33)11-14-34)7-8-21(17)30-26-31-23-22(27-16-28-23)24(32-26)29-20-5-3-2-4-6-20/h7-8,15-16,18,20,34H,2-6,9-14H2,1H3,(H3,27,28,29,30,31,32). The fraction of sp³-hybridized carbons (Fsp3) is 0.538. The van der Waals surface area contributed by atoms with E-state index >= 15 is 0 Å². The number of rotatable bonds is 7. The Balaban J connectivity index is 1.29. The Labute approximate surface area is 205 Å². The zero-order valence-electron chi connectivity index (χ0n) is 20.4. The number of aliphatic hydroxyl groups is 1. The normalized spacial score (nSPS) is 17.6. The lowest BCUT2D eigenvalue weighted by Crippen LogP contribution is -2.38. The summed E-state index contributed by atoms with van der Waals surface area (Å²) >= 11 is 0. The number of hydrogen-bond acceptors (Lipinski definition) is 7. The van der Waals surface area contributed by atoms with E-state index in [2.05, 4.69) is 25.6 Å². The molecule has 1 aromatic carbocycles. The number of fused-ring (bicyclic) bond motifs is 1. The average Bonchev–Trinajstić information content (AvgIpc) is 3.35. The van der Waals surface area contributed by atoms with Gasteiger partial charge in [0.1, 0.15) is 5.52 Å². The maximum atomic E-state index is 13.0. The van der Waals surface area contributed by atoms with Gasteiger partial charge < -0.3 is 25.6 Å². The molecular formula is C26H35N7O2. The second-order valence-electron chi connectivity index (χ2n) is 9.88. The minimum Gasteiger partial charge on any atom is -0.396 e. The van der Waals surface area contributed by atoms with Crippen molar-refractivity contribution in [2.24, 2.45) is 5.92 Å². The molecule has 3 aromatic rings. The van der Waals surface area contributed by atoms with Crippen molar-refractivity contribution in [2.45, 2.75) is 64.3 Å². The summed E-state index contributed by atoms with van der Waals surface area (Å²) in [5.74, 6) is 1.83. The number of likely N-dealkylation sites (tertiary alicyclic amines) is 1. The number of carbonyl (C=O) groups is 1. The molecule has 9 heteroatoms. The molecule has 3 heterocycles. The van der Waals surface area contributed by atoms with Crippen molar-refractivity contribution < 1.29 is 9.90 Å². The molecule has 35 heavy (non-hydrogen) atoms. The summed E-state index contributed by atoms with van der Waals surface area (Å²) in [6.45, 7) is 3.71. The Kier molecular flexibility index (Phi) is 7.13. The third-order valence-electron chi connectivity index (χ3n) is 7.38. The molecule has 0 bridgehead atoms. The largest absolute Gasteiger partial charge is 0.396 e. The van der Waals surface area contributed by atoms with Crippen molar-refractivity contribution in [3.8, 4) is 0 Å². The number of nitrogens with zero attached hydrogens (tertiary/aromatic N) is 4. The number of aliphatic hydroxyl groups excluding tert-OH is 1. The molecule has 186 valence electrons. The summed E-state index contributed by atoms with van der Waals surface area (Å²) in [6.07, 6.45) is 10.4. The lowest BCUT2D eigenvalue weighted by atomic mass is 9.93. The van der Waals surface area contributed by atoms with Gasteiger partial charge in [-0.2, -0.15) is 9.97 Å². The van der Waals surface area contributed by atoms with Gasteiger partial charge in [-0.05, 0) is 68.7 Å². The number of imidazole rings is 1. The number of aromatic amines is 1. The minimum absolute atomic E-state index is 0.0659. The molecule has 1 aliphatic heterocycles. The van der Waals surface area contributed by atoms with Crippen LogP contribution in [0.3, 0.4) is 0 Å². The Morgan fingerprint density at radius 1 is 1.14 bits per heavy atom. The lowest BCUT2D eigenvalue weighted by Gasteiger charge is -2.32. The van der Waals surface area contributed by atoms with Crippen LogP contribution in [-0.4, -0.2) is 61.6 Å². The molecular weight excluding hydrogens is 442 g/mol. The van der Waals surface area contributed by atoms with Crippen LogP contribution in [0, 0.1) is 12.8 Å². The number of hydrogen-bond donors (Lipinski definition) is 4. The van der Waals surface area contributed by atoms with Gasteiger partial charge in [0.25, 0.3) is 5.91 Å². The zero-order chi connectivity index (χ0) is 24.2. The van der Waals surface area contributed by atoms with Crippen molar-refractivity contribution >= 4 is 34.5 Å². The van der Waals surface area contributed by atoms with E-state index in [-0.39, 0.29) is 12.5 Å². The van der Waals surface area contributed by atoms with Gasteiger partial charge >= 0.3 is 0 Å². The van der Waals surface area contributed by atoms with Crippen molar-refractivity contribution in [1.82, 2.24) is 24.8 Å².